The first kappa shape index (κ1) is 10.6. The fourth-order valence-corrected chi connectivity index (χ4v) is 2.87. The summed E-state index contributed by atoms with van der Waals surface area (Å²) in [6.07, 6.45) is 2.73. The van der Waals surface area contributed by atoms with Gasteiger partial charge in [-0.05, 0) is 33.2 Å². The highest BCUT2D eigenvalue weighted by molar-refractivity contribution is 6.00. The maximum atomic E-state index is 12.0. The van der Waals surface area contributed by atoms with Crippen LogP contribution in [0, 0.1) is 5.41 Å². The zero-order chi connectivity index (χ0) is 11.1. The third-order valence-electron chi connectivity index (χ3n) is 3.88. The van der Waals surface area contributed by atoms with Gasteiger partial charge in [0.15, 0.2) is 0 Å². The zero-order valence-electron chi connectivity index (χ0n) is 9.26. The van der Waals surface area contributed by atoms with Gasteiger partial charge in [-0.2, -0.15) is 0 Å². The van der Waals surface area contributed by atoms with Crippen LogP contribution in [0.2, 0.25) is 0 Å². The van der Waals surface area contributed by atoms with Gasteiger partial charge in [-0.1, -0.05) is 0 Å². The third kappa shape index (κ3) is 1.17. The van der Waals surface area contributed by atoms with E-state index in [4.69, 9.17) is 4.74 Å². The number of carbonyl (C=O) groups excluding carboxylic acids is 2. The summed E-state index contributed by atoms with van der Waals surface area (Å²) in [6.45, 7) is 2.16. The second kappa shape index (κ2) is 3.30. The smallest absolute Gasteiger partial charge is 0.327 e. The van der Waals surface area contributed by atoms with Crippen molar-refractivity contribution in [3.05, 3.63) is 0 Å². The van der Waals surface area contributed by atoms with Crippen LogP contribution in [0.15, 0.2) is 0 Å². The van der Waals surface area contributed by atoms with Gasteiger partial charge in [-0.15, -0.1) is 0 Å². The molecule has 0 amide bonds. The molecule has 2 rings (SSSR count). The largest absolute Gasteiger partial charge is 0.465 e. The Labute approximate surface area is 89.4 Å². The predicted octanol–water partition coefficient (Wildman–Crippen LogP) is 0.651. The van der Waals surface area contributed by atoms with Crippen molar-refractivity contribution in [2.45, 2.75) is 38.1 Å². The summed E-state index contributed by atoms with van der Waals surface area (Å²) >= 11 is 0. The van der Waals surface area contributed by atoms with Gasteiger partial charge in [-0.25, -0.2) is 0 Å². The number of nitrogens with one attached hydrogen (secondary N) is 1. The van der Waals surface area contributed by atoms with Gasteiger partial charge in [0.05, 0.1) is 12.0 Å². The summed E-state index contributed by atoms with van der Waals surface area (Å²) in [5.41, 5.74) is -1.17. The van der Waals surface area contributed by atoms with E-state index in [9.17, 15) is 9.59 Å². The number of carbonyl (C=O) groups is 2. The van der Waals surface area contributed by atoms with Crippen LogP contribution < -0.4 is 5.32 Å². The maximum absolute atomic E-state index is 12.0. The van der Waals surface area contributed by atoms with Crippen LogP contribution in [-0.2, 0) is 14.3 Å². The van der Waals surface area contributed by atoms with E-state index in [1.165, 1.54) is 0 Å². The lowest BCUT2D eigenvalue weighted by Crippen LogP contribution is -2.56. The minimum atomic E-state index is -0.736. The number of hydrogen-bond acceptors (Lipinski definition) is 4. The van der Waals surface area contributed by atoms with Gasteiger partial charge in [0.1, 0.15) is 11.3 Å². The SMILES string of the molecule is CCOC(=O)C1(NC)CCC(=O)C12CC2. The van der Waals surface area contributed by atoms with Crippen LogP contribution in [0.1, 0.15) is 32.6 Å². The Bertz CT molecular complexity index is 309. The van der Waals surface area contributed by atoms with Crippen molar-refractivity contribution < 1.29 is 14.3 Å². The number of likely N-dealkylation sites (N-methyl/N-ethyl adjacent to an activating group) is 1. The summed E-state index contributed by atoms with van der Waals surface area (Å²) in [5, 5.41) is 3.05. The first-order chi connectivity index (χ1) is 7.13. The molecule has 15 heavy (non-hydrogen) atoms. The molecule has 1 unspecified atom stereocenters. The Morgan fingerprint density at radius 2 is 2.13 bits per heavy atom. The Balaban J connectivity index is 2.30. The number of esters is 1. The zero-order valence-corrected chi connectivity index (χ0v) is 9.26. The molecule has 0 radical (unpaired) electrons. The Hall–Kier alpha value is -0.900. The van der Waals surface area contributed by atoms with Crippen molar-refractivity contribution in [1.29, 1.82) is 0 Å². The van der Waals surface area contributed by atoms with E-state index in [0.29, 0.717) is 19.4 Å². The van der Waals surface area contributed by atoms with Gasteiger partial charge in [0, 0.05) is 6.42 Å². The molecule has 0 aromatic heterocycles. The molecule has 2 saturated carbocycles. The molecule has 2 aliphatic rings. The van der Waals surface area contributed by atoms with Crippen LogP contribution in [0.5, 0.6) is 0 Å². The molecular weight excluding hydrogens is 194 g/mol. The quantitative estimate of drug-likeness (QED) is 0.696. The lowest BCUT2D eigenvalue weighted by molar-refractivity contribution is -0.154. The van der Waals surface area contributed by atoms with E-state index in [2.05, 4.69) is 5.32 Å². The first-order valence-corrected chi connectivity index (χ1v) is 5.52. The van der Waals surface area contributed by atoms with Gasteiger partial charge < -0.3 is 10.1 Å². The number of ether oxygens (including phenoxy) is 1. The number of rotatable bonds is 3. The molecule has 1 N–H and O–H groups in total. The average Bonchev–Trinajstić information content (AvgIpc) is 2.95. The fourth-order valence-electron chi connectivity index (χ4n) is 2.87. The normalized spacial score (nSPS) is 32.0. The van der Waals surface area contributed by atoms with Crippen molar-refractivity contribution in [3.63, 3.8) is 0 Å². The first-order valence-electron chi connectivity index (χ1n) is 5.52. The molecule has 0 bridgehead atoms. The molecule has 2 aliphatic carbocycles. The molecule has 0 aliphatic heterocycles. The van der Waals surface area contributed by atoms with Crippen molar-refractivity contribution >= 4 is 11.8 Å². The van der Waals surface area contributed by atoms with Crippen LogP contribution in [0.25, 0.3) is 0 Å². The van der Waals surface area contributed by atoms with Gasteiger partial charge >= 0.3 is 5.97 Å². The maximum Gasteiger partial charge on any atom is 0.327 e. The van der Waals surface area contributed by atoms with Crippen LogP contribution >= 0.6 is 0 Å². The third-order valence-corrected chi connectivity index (χ3v) is 3.88. The van der Waals surface area contributed by atoms with E-state index in [-0.39, 0.29) is 11.8 Å². The monoisotopic (exact) mass is 211 g/mol. The standard InChI is InChI=1S/C11H17NO3/c1-3-15-9(14)11(12-2)5-4-8(13)10(11)6-7-10/h12H,3-7H2,1-2H3. The molecule has 2 fully saturated rings. The van der Waals surface area contributed by atoms with Crippen LogP contribution in [-0.4, -0.2) is 30.9 Å². The Morgan fingerprint density at radius 1 is 1.47 bits per heavy atom. The van der Waals surface area contributed by atoms with Crippen molar-refractivity contribution in [3.8, 4) is 0 Å². The van der Waals surface area contributed by atoms with Crippen molar-refractivity contribution in [2.24, 2.45) is 5.41 Å². The van der Waals surface area contributed by atoms with Crippen LogP contribution in [0.4, 0.5) is 0 Å². The highest BCUT2D eigenvalue weighted by atomic mass is 16.5. The number of Topliss-reactive ketones (excluding diaryl/α,β-unsaturated/α-hetero) is 1. The van der Waals surface area contributed by atoms with E-state index >= 15 is 0 Å². The molecule has 0 aromatic rings. The van der Waals surface area contributed by atoms with Gasteiger partial charge in [-0.3, -0.25) is 9.59 Å². The molecule has 84 valence electrons. The Kier molecular flexibility index (Phi) is 2.34. The van der Waals surface area contributed by atoms with Crippen LogP contribution in [0.3, 0.4) is 0 Å². The van der Waals surface area contributed by atoms with Crippen molar-refractivity contribution in [2.75, 3.05) is 13.7 Å². The number of ketones is 1. The highest BCUT2D eigenvalue weighted by Crippen LogP contribution is 2.61. The summed E-state index contributed by atoms with van der Waals surface area (Å²) in [6, 6.07) is 0. The highest BCUT2D eigenvalue weighted by Gasteiger charge is 2.70. The lowest BCUT2D eigenvalue weighted by atomic mass is 9.83. The number of hydrogen-bond donors (Lipinski definition) is 1. The molecule has 1 atom stereocenters. The van der Waals surface area contributed by atoms with E-state index in [1.54, 1.807) is 14.0 Å². The second-order valence-electron chi connectivity index (χ2n) is 4.38. The molecule has 1 spiro atoms. The van der Waals surface area contributed by atoms with Crippen molar-refractivity contribution in [1.82, 2.24) is 5.32 Å². The summed E-state index contributed by atoms with van der Waals surface area (Å²) in [4.78, 5) is 23.8. The van der Waals surface area contributed by atoms with E-state index in [1.807, 2.05) is 0 Å². The fraction of sp³-hybridized carbons (Fsp3) is 0.818. The minimum Gasteiger partial charge on any atom is -0.465 e. The van der Waals surface area contributed by atoms with E-state index < -0.39 is 11.0 Å². The molecule has 0 heterocycles. The molecule has 0 aromatic carbocycles. The Morgan fingerprint density at radius 3 is 2.60 bits per heavy atom. The molecule has 4 heteroatoms. The summed E-state index contributed by atoms with van der Waals surface area (Å²) in [5.74, 6) is -0.0271. The lowest BCUT2D eigenvalue weighted by Gasteiger charge is -2.31. The summed E-state index contributed by atoms with van der Waals surface area (Å²) < 4.78 is 5.09. The molecule has 0 saturated heterocycles. The molecular formula is C11H17NO3. The second-order valence-corrected chi connectivity index (χ2v) is 4.38. The van der Waals surface area contributed by atoms with Gasteiger partial charge in [0.2, 0.25) is 0 Å². The predicted molar refractivity (Wildman–Crippen MR) is 54.3 cm³/mol. The van der Waals surface area contributed by atoms with Gasteiger partial charge in [0.25, 0.3) is 0 Å². The molecule has 4 nitrogen and oxygen atoms in total. The van der Waals surface area contributed by atoms with E-state index in [0.717, 1.165) is 12.8 Å². The minimum absolute atomic E-state index is 0.227. The average molecular weight is 211 g/mol. The summed E-state index contributed by atoms with van der Waals surface area (Å²) in [7, 11) is 1.75. The topological polar surface area (TPSA) is 55.4 Å².